The van der Waals surface area contributed by atoms with E-state index in [9.17, 15) is 18.3 Å². The summed E-state index contributed by atoms with van der Waals surface area (Å²) in [5.41, 5.74) is 2.93. The SMILES string of the molecule is COc1ccc(C(C)C)cc1-c1ccc(C(F)(F)F)cc1CNC(CO)c1ccc(Cl)cc1. The van der Waals surface area contributed by atoms with E-state index in [1.807, 2.05) is 18.2 Å². The van der Waals surface area contributed by atoms with Crippen molar-refractivity contribution in [3.05, 3.63) is 87.9 Å². The molecule has 1 unspecified atom stereocenters. The molecule has 0 bridgehead atoms. The van der Waals surface area contributed by atoms with Gasteiger partial charge in [0.2, 0.25) is 0 Å². The average Bonchev–Trinajstić information content (AvgIpc) is 2.79. The number of rotatable bonds is 8. The van der Waals surface area contributed by atoms with Crippen LogP contribution in [0.4, 0.5) is 13.2 Å². The molecule has 0 aliphatic rings. The van der Waals surface area contributed by atoms with Gasteiger partial charge in [0.15, 0.2) is 0 Å². The normalized spacial score (nSPS) is 12.8. The average molecular weight is 478 g/mol. The first-order valence-electron chi connectivity index (χ1n) is 10.6. The lowest BCUT2D eigenvalue weighted by Gasteiger charge is -2.21. The van der Waals surface area contributed by atoms with Crippen molar-refractivity contribution >= 4 is 11.6 Å². The number of halogens is 4. The van der Waals surface area contributed by atoms with Gasteiger partial charge in [0, 0.05) is 17.1 Å². The summed E-state index contributed by atoms with van der Waals surface area (Å²) < 4.78 is 46.0. The van der Waals surface area contributed by atoms with Crippen LogP contribution in [-0.4, -0.2) is 18.8 Å². The zero-order chi connectivity index (χ0) is 24.2. The second-order valence-electron chi connectivity index (χ2n) is 8.15. The summed E-state index contributed by atoms with van der Waals surface area (Å²) in [7, 11) is 1.54. The smallest absolute Gasteiger partial charge is 0.416 e. The van der Waals surface area contributed by atoms with Gasteiger partial charge in [0.05, 0.1) is 25.3 Å². The van der Waals surface area contributed by atoms with Crippen LogP contribution in [0.3, 0.4) is 0 Å². The van der Waals surface area contributed by atoms with E-state index in [1.165, 1.54) is 13.2 Å². The number of hydrogen-bond acceptors (Lipinski definition) is 3. The number of hydrogen-bond donors (Lipinski definition) is 2. The zero-order valence-electron chi connectivity index (χ0n) is 18.7. The van der Waals surface area contributed by atoms with Crippen LogP contribution >= 0.6 is 11.6 Å². The maximum Gasteiger partial charge on any atom is 0.416 e. The van der Waals surface area contributed by atoms with Crippen molar-refractivity contribution in [1.82, 2.24) is 5.32 Å². The van der Waals surface area contributed by atoms with E-state index in [2.05, 4.69) is 19.2 Å². The summed E-state index contributed by atoms with van der Waals surface area (Å²) in [6.07, 6.45) is -4.47. The van der Waals surface area contributed by atoms with E-state index >= 15 is 0 Å². The molecule has 0 aliphatic carbocycles. The van der Waals surface area contributed by atoms with Crippen LogP contribution in [0.2, 0.25) is 5.02 Å². The Balaban J connectivity index is 2.04. The van der Waals surface area contributed by atoms with Crippen LogP contribution in [0.15, 0.2) is 60.7 Å². The molecule has 7 heteroatoms. The molecule has 3 aromatic rings. The van der Waals surface area contributed by atoms with Crippen molar-refractivity contribution in [2.75, 3.05) is 13.7 Å². The Kier molecular flexibility index (Phi) is 8.05. The van der Waals surface area contributed by atoms with Gasteiger partial charge in [-0.15, -0.1) is 0 Å². The molecule has 0 saturated carbocycles. The monoisotopic (exact) mass is 477 g/mol. The highest BCUT2D eigenvalue weighted by molar-refractivity contribution is 6.30. The molecule has 2 N–H and O–H groups in total. The quantitative estimate of drug-likeness (QED) is 0.367. The zero-order valence-corrected chi connectivity index (χ0v) is 19.5. The summed E-state index contributed by atoms with van der Waals surface area (Å²) in [6, 6.07) is 16.0. The molecule has 33 heavy (non-hydrogen) atoms. The molecule has 0 saturated heterocycles. The van der Waals surface area contributed by atoms with Gasteiger partial charge in [-0.2, -0.15) is 13.2 Å². The number of aliphatic hydroxyl groups is 1. The Morgan fingerprint density at radius 2 is 1.61 bits per heavy atom. The maximum absolute atomic E-state index is 13.5. The van der Waals surface area contributed by atoms with Crippen LogP contribution in [0.1, 0.15) is 48.1 Å². The number of alkyl halides is 3. The maximum atomic E-state index is 13.5. The molecular weight excluding hydrogens is 451 g/mol. The van der Waals surface area contributed by atoms with Crippen LogP contribution in [0.5, 0.6) is 5.75 Å². The molecular formula is C26H27ClF3NO2. The van der Waals surface area contributed by atoms with Crippen LogP contribution < -0.4 is 10.1 Å². The van der Waals surface area contributed by atoms with Gasteiger partial charge >= 0.3 is 6.18 Å². The standard InChI is InChI=1S/C26H27ClF3NO2/c1-16(2)18-6-11-25(33-3)23(13-18)22-10-7-20(26(28,29)30)12-19(22)14-31-24(15-32)17-4-8-21(27)9-5-17/h4-13,16,24,31-32H,14-15H2,1-3H3. The first-order chi connectivity index (χ1) is 15.6. The summed E-state index contributed by atoms with van der Waals surface area (Å²) in [5, 5.41) is 13.6. The van der Waals surface area contributed by atoms with Crippen molar-refractivity contribution in [3.63, 3.8) is 0 Å². The van der Waals surface area contributed by atoms with E-state index in [0.717, 1.165) is 28.8 Å². The summed E-state index contributed by atoms with van der Waals surface area (Å²) in [4.78, 5) is 0. The Morgan fingerprint density at radius 3 is 2.18 bits per heavy atom. The van der Waals surface area contributed by atoms with Gasteiger partial charge in [-0.25, -0.2) is 0 Å². The molecule has 0 radical (unpaired) electrons. The Bertz CT molecular complexity index is 1080. The third-order valence-electron chi connectivity index (χ3n) is 5.61. The van der Waals surface area contributed by atoms with Gasteiger partial charge in [-0.1, -0.05) is 49.7 Å². The molecule has 176 valence electrons. The van der Waals surface area contributed by atoms with Gasteiger partial charge in [-0.05, 0) is 64.6 Å². The number of nitrogens with one attached hydrogen (secondary N) is 1. The van der Waals surface area contributed by atoms with Crippen molar-refractivity contribution in [2.45, 2.75) is 38.5 Å². The van der Waals surface area contributed by atoms with Crippen molar-refractivity contribution in [2.24, 2.45) is 0 Å². The van der Waals surface area contributed by atoms with Crippen molar-refractivity contribution in [3.8, 4) is 16.9 Å². The Hall–Kier alpha value is -2.54. The molecule has 3 rings (SSSR count). The predicted molar refractivity (Wildman–Crippen MR) is 126 cm³/mol. The Labute approximate surface area is 197 Å². The molecule has 0 heterocycles. The fourth-order valence-electron chi connectivity index (χ4n) is 3.69. The lowest BCUT2D eigenvalue weighted by atomic mass is 9.92. The third kappa shape index (κ3) is 6.08. The second kappa shape index (κ2) is 10.6. The highest BCUT2D eigenvalue weighted by Gasteiger charge is 2.31. The summed E-state index contributed by atoms with van der Waals surface area (Å²) in [5.74, 6) is 0.825. The van der Waals surface area contributed by atoms with E-state index in [1.54, 1.807) is 24.3 Å². The molecule has 0 aromatic heterocycles. The van der Waals surface area contributed by atoms with E-state index in [4.69, 9.17) is 16.3 Å². The van der Waals surface area contributed by atoms with Crippen molar-refractivity contribution in [1.29, 1.82) is 0 Å². The first kappa shape index (κ1) is 25.1. The van der Waals surface area contributed by atoms with E-state index < -0.39 is 17.8 Å². The highest BCUT2D eigenvalue weighted by atomic mass is 35.5. The molecule has 0 aliphatic heterocycles. The lowest BCUT2D eigenvalue weighted by Crippen LogP contribution is -2.24. The van der Waals surface area contributed by atoms with Gasteiger partial charge in [0.25, 0.3) is 0 Å². The number of methoxy groups -OCH3 is 1. The van der Waals surface area contributed by atoms with E-state index in [0.29, 0.717) is 21.9 Å². The number of benzene rings is 3. The number of ether oxygens (including phenoxy) is 1. The fraction of sp³-hybridized carbons (Fsp3) is 0.308. The minimum atomic E-state index is -4.47. The van der Waals surface area contributed by atoms with Crippen LogP contribution in [0, 0.1) is 0 Å². The second-order valence-corrected chi connectivity index (χ2v) is 8.59. The van der Waals surface area contributed by atoms with Gasteiger partial charge < -0.3 is 15.2 Å². The van der Waals surface area contributed by atoms with E-state index in [-0.39, 0.29) is 19.1 Å². The largest absolute Gasteiger partial charge is 0.496 e. The molecule has 3 aromatic carbocycles. The predicted octanol–water partition coefficient (Wildman–Crippen LogP) is 6.98. The van der Waals surface area contributed by atoms with Gasteiger partial charge in [0.1, 0.15) is 5.75 Å². The van der Waals surface area contributed by atoms with Gasteiger partial charge in [-0.3, -0.25) is 0 Å². The molecule has 3 nitrogen and oxygen atoms in total. The Morgan fingerprint density at radius 1 is 0.939 bits per heavy atom. The first-order valence-corrected chi connectivity index (χ1v) is 11.0. The third-order valence-corrected chi connectivity index (χ3v) is 5.86. The highest BCUT2D eigenvalue weighted by Crippen LogP contribution is 2.38. The van der Waals surface area contributed by atoms with Crippen molar-refractivity contribution < 1.29 is 23.0 Å². The fourth-order valence-corrected chi connectivity index (χ4v) is 3.82. The van der Waals surface area contributed by atoms with Crippen LogP contribution in [0.25, 0.3) is 11.1 Å². The molecule has 1 atom stereocenters. The number of aliphatic hydroxyl groups excluding tert-OH is 1. The van der Waals surface area contributed by atoms with Crippen LogP contribution in [-0.2, 0) is 12.7 Å². The minimum absolute atomic E-state index is 0.113. The summed E-state index contributed by atoms with van der Waals surface area (Å²) in [6.45, 7) is 4.00. The molecule has 0 amide bonds. The molecule has 0 fully saturated rings. The summed E-state index contributed by atoms with van der Waals surface area (Å²) >= 11 is 5.94. The lowest BCUT2D eigenvalue weighted by molar-refractivity contribution is -0.137. The minimum Gasteiger partial charge on any atom is -0.496 e. The topological polar surface area (TPSA) is 41.5 Å². The molecule has 0 spiro atoms.